The van der Waals surface area contributed by atoms with Crippen molar-refractivity contribution in [1.29, 1.82) is 0 Å². The van der Waals surface area contributed by atoms with E-state index in [0.29, 0.717) is 16.7 Å². The minimum Gasteiger partial charge on any atom is -0.360 e. The number of carbonyl (C=O) groups excluding carboxylic acids is 1. The van der Waals surface area contributed by atoms with Crippen LogP contribution in [0.25, 0.3) is 0 Å². The third-order valence-corrected chi connectivity index (χ3v) is 8.57. The van der Waals surface area contributed by atoms with E-state index >= 15 is 0 Å². The van der Waals surface area contributed by atoms with E-state index in [2.05, 4.69) is 22.8 Å². The van der Waals surface area contributed by atoms with Crippen LogP contribution in [0.4, 0.5) is 5.13 Å². The van der Waals surface area contributed by atoms with Crippen molar-refractivity contribution < 1.29 is 9.32 Å². The van der Waals surface area contributed by atoms with Crippen molar-refractivity contribution in [3.8, 4) is 0 Å². The Bertz CT molecular complexity index is 895. The van der Waals surface area contributed by atoms with Crippen molar-refractivity contribution in [2.24, 2.45) is 23.7 Å². The summed E-state index contributed by atoms with van der Waals surface area (Å²) in [5.41, 5.74) is 2.95. The lowest BCUT2D eigenvalue weighted by Crippen LogP contribution is -2.48. The van der Waals surface area contributed by atoms with E-state index in [1.165, 1.54) is 44.2 Å². The van der Waals surface area contributed by atoms with Gasteiger partial charge in [0.1, 0.15) is 5.76 Å². The number of carbonyl (C=O) groups is 1. The average Bonchev–Trinajstić information content (AvgIpc) is 3.27. The SMILES string of the molecule is C[C@@H]1CCc2onc(C(=O)Nc3nc(C45CC6CC(CC(C6)C4)C5)cs3)c2C1. The van der Waals surface area contributed by atoms with Gasteiger partial charge in [0.05, 0.1) is 5.69 Å². The third kappa shape index (κ3) is 2.67. The van der Waals surface area contributed by atoms with Gasteiger partial charge in [-0.3, -0.25) is 10.1 Å². The molecule has 5 nitrogen and oxygen atoms in total. The van der Waals surface area contributed by atoms with E-state index in [4.69, 9.17) is 9.51 Å². The van der Waals surface area contributed by atoms with Crippen LogP contribution in [0.5, 0.6) is 0 Å². The zero-order chi connectivity index (χ0) is 18.9. The molecule has 1 atom stereocenters. The van der Waals surface area contributed by atoms with Gasteiger partial charge in [-0.25, -0.2) is 4.98 Å². The maximum atomic E-state index is 12.8. The highest BCUT2D eigenvalue weighted by atomic mass is 32.1. The van der Waals surface area contributed by atoms with Crippen LogP contribution >= 0.6 is 11.3 Å². The van der Waals surface area contributed by atoms with E-state index in [-0.39, 0.29) is 11.3 Å². The molecule has 6 heteroatoms. The molecular weight excluding hydrogens is 370 g/mol. The first-order valence-electron chi connectivity index (χ1n) is 10.8. The van der Waals surface area contributed by atoms with Gasteiger partial charge < -0.3 is 4.52 Å². The highest BCUT2D eigenvalue weighted by Gasteiger charge is 2.52. The quantitative estimate of drug-likeness (QED) is 0.793. The van der Waals surface area contributed by atoms with Gasteiger partial charge in [0.25, 0.3) is 5.91 Å². The molecule has 28 heavy (non-hydrogen) atoms. The summed E-state index contributed by atoms with van der Waals surface area (Å²) >= 11 is 1.56. The Hall–Kier alpha value is -1.69. The molecular formula is C22H27N3O2S. The molecule has 7 rings (SSSR count). The summed E-state index contributed by atoms with van der Waals surface area (Å²) in [7, 11) is 0. The van der Waals surface area contributed by atoms with E-state index in [1.54, 1.807) is 11.3 Å². The summed E-state index contributed by atoms with van der Waals surface area (Å²) < 4.78 is 5.44. The summed E-state index contributed by atoms with van der Waals surface area (Å²) in [6.45, 7) is 2.22. The minimum atomic E-state index is -0.175. The standard InChI is InChI=1S/C22H27N3O2S/c1-12-2-3-17-16(4-12)19(25-27-17)20(26)24-21-23-18(11-28-21)22-8-13-5-14(9-22)7-15(6-13)10-22/h11-15H,2-10H2,1H3,(H,23,24,26)/t12-,13?,14?,15?,22?/m1/s1. The second-order valence-electron chi connectivity index (χ2n) is 9.97. The van der Waals surface area contributed by atoms with Crippen LogP contribution in [0, 0.1) is 23.7 Å². The molecule has 1 N–H and O–H groups in total. The van der Waals surface area contributed by atoms with Crippen molar-refractivity contribution in [1.82, 2.24) is 10.1 Å². The molecule has 2 heterocycles. The number of aromatic nitrogens is 2. The van der Waals surface area contributed by atoms with Gasteiger partial charge in [0, 0.05) is 22.8 Å². The second-order valence-corrected chi connectivity index (χ2v) is 10.8. The molecule has 2 aromatic rings. The molecule has 0 spiro atoms. The molecule has 4 saturated carbocycles. The number of amides is 1. The fourth-order valence-corrected chi connectivity index (χ4v) is 7.74. The fraction of sp³-hybridized carbons (Fsp3) is 0.682. The lowest BCUT2D eigenvalue weighted by atomic mass is 9.49. The lowest BCUT2D eigenvalue weighted by molar-refractivity contribution is -0.00688. The molecule has 0 unspecified atom stereocenters. The normalized spacial score (nSPS) is 35.8. The van der Waals surface area contributed by atoms with Crippen LogP contribution in [0.15, 0.2) is 9.90 Å². The first kappa shape index (κ1) is 17.2. The maximum Gasteiger partial charge on any atom is 0.279 e. The summed E-state index contributed by atoms with van der Waals surface area (Å²) in [6, 6.07) is 0. The van der Waals surface area contributed by atoms with Gasteiger partial charge >= 0.3 is 0 Å². The Kier molecular flexibility index (Phi) is 3.78. The Balaban J connectivity index is 1.22. The fourth-order valence-electron chi connectivity index (χ4n) is 6.91. The van der Waals surface area contributed by atoms with E-state index in [9.17, 15) is 4.79 Å². The number of fused-ring (bicyclic) bond motifs is 1. The van der Waals surface area contributed by atoms with Gasteiger partial charge in [-0.2, -0.15) is 0 Å². The molecule has 0 aliphatic heterocycles. The Morgan fingerprint density at radius 2 is 1.93 bits per heavy atom. The van der Waals surface area contributed by atoms with Gasteiger partial charge in [-0.1, -0.05) is 12.1 Å². The zero-order valence-electron chi connectivity index (χ0n) is 16.4. The molecule has 5 aliphatic rings. The Morgan fingerprint density at radius 3 is 2.64 bits per heavy atom. The van der Waals surface area contributed by atoms with Crippen LogP contribution in [0.1, 0.15) is 79.4 Å². The van der Waals surface area contributed by atoms with Gasteiger partial charge in [0.15, 0.2) is 10.8 Å². The number of rotatable bonds is 3. The number of hydrogen-bond acceptors (Lipinski definition) is 5. The number of thiazole rings is 1. The molecule has 2 aromatic heterocycles. The monoisotopic (exact) mass is 397 g/mol. The third-order valence-electron chi connectivity index (χ3n) is 7.81. The molecule has 0 saturated heterocycles. The van der Waals surface area contributed by atoms with E-state index in [1.807, 2.05) is 0 Å². The zero-order valence-corrected chi connectivity index (χ0v) is 17.2. The Labute approximate surface area is 169 Å². The second kappa shape index (κ2) is 6.15. The highest BCUT2D eigenvalue weighted by Crippen LogP contribution is 2.60. The first-order chi connectivity index (χ1) is 13.6. The van der Waals surface area contributed by atoms with Crippen molar-refractivity contribution in [2.45, 2.75) is 70.1 Å². The number of anilines is 1. The lowest BCUT2D eigenvalue weighted by Gasteiger charge is -2.56. The summed E-state index contributed by atoms with van der Waals surface area (Å²) in [4.78, 5) is 17.7. The molecule has 0 radical (unpaired) electrons. The average molecular weight is 398 g/mol. The van der Waals surface area contributed by atoms with Crippen molar-refractivity contribution in [3.05, 3.63) is 28.1 Å². The van der Waals surface area contributed by atoms with Crippen LogP contribution in [-0.2, 0) is 18.3 Å². The summed E-state index contributed by atoms with van der Waals surface area (Å²) in [5.74, 6) is 3.97. The van der Waals surface area contributed by atoms with E-state index < -0.39 is 0 Å². The molecule has 0 aromatic carbocycles. The largest absolute Gasteiger partial charge is 0.360 e. The number of nitrogens with zero attached hydrogens (tertiary/aromatic N) is 2. The van der Waals surface area contributed by atoms with Crippen LogP contribution in [0.3, 0.4) is 0 Å². The van der Waals surface area contributed by atoms with E-state index in [0.717, 1.165) is 48.3 Å². The summed E-state index contributed by atoms with van der Waals surface area (Å²) in [6.07, 6.45) is 11.0. The molecule has 4 bridgehead atoms. The van der Waals surface area contributed by atoms with Crippen LogP contribution in [-0.4, -0.2) is 16.0 Å². The molecule has 4 fully saturated rings. The minimum absolute atomic E-state index is 0.175. The summed E-state index contributed by atoms with van der Waals surface area (Å²) in [5, 5.41) is 9.99. The Morgan fingerprint density at radius 1 is 1.21 bits per heavy atom. The van der Waals surface area contributed by atoms with Crippen molar-refractivity contribution >= 4 is 22.4 Å². The van der Waals surface area contributed by atoms with Crippen LogP contribution in [0.2, 0.25) is 0 Å². The highest BCUT2D eigenvalue weighted by molar-refractivity contribution is 7.14. The predicted molar refractivity (Wildman–Crippen MR) is 108 cm³/mol. The number of hydrogen-bond donors (Lipinski definition) is 1. The molecule has 5 aliphatic carbocycles. The van der Waals surface area contributed by atoms with Crippen LogP contribution < -0.4 is 5.32 Å². The first-order valence-corrected chi connectivity index (χ1v) is 11.7. The number of nitrogens with one attached hydrogen (secondary N) is 1. The maximum absolute atomic E-state index is 12.8. The van der Waals surface area contributed by atoms with Crippen molar-refractivity contribution in [2.75, 3.05) is 5.32 Å². The molecule has 1 amide bonds. The number of aryl methyl sites for hydroxylation is 1. The predicted octanol–water partition coefficient (Wildman–Crippen LogP) is 4.98. The van der Waals surface area contributed by atoms with Crippen molar-refractivity contribution in [3.63, 3.8) is 0 Å². The molecule has 148 valence electrons. The topological polar surface area (TPSA) is 68.0 Å². The van der Waals surface area contributed by atoms with Gasteiger partial charge in [-0.15, -0.1) is 11.3 Å². The van der Waals surface area contributed by atoms with Gasteiger partial charge in [-0.05, 0) is 75.0 Å². The van der Waals surface area contributed by atoms with Gasteiger partial charge in [0.2, 0.25) is 0 Å². The smallest absolute Gasteiger partial charge is 0.279 e.